The highest BCUT2D eigenvalue weighted by atomic mass is 19.1. The minimum atomic E-state index is -0.178. The van der Waals surface area contributed by atoms with Gasteiger partial charge in [-0.05, 0) is 26.3 Å². The maximum Gasteiger partial charge on any atom is 0.128 e. The van der Waals surface area contributed by atoms with Crippen molar-refractivity contribution < 1.29 is 9.13 Å². The van der Waals surface area contributed by atoms with E-state index < -0.39 is 0 Å². The molecule has 1 fully saturated rings. The third kappa shape index (κ3) is 3.53. The van der Waals surface area contributed by atoms with Crippen molar-refractivity contribution in [1.29, 1.82) is 0 Å². The molecule has 1 heterocycles. The van der Waals surface area contributed by atoms with Gasteiger partial charge in [0.05, 0.1) is 12.1 Å². The minimum absolute atomic E-state index is 0.0923. The van der Waals surface area contributed by atoms with E-state index in [0.717, 1.165) is 26.1 Å². The molecule has 1 aromatic carbocycles. The lowest BCUT2D eigenvalue weighted by Crippen LogP contribution is -2.42. The minimum Gasteiger partial charge on any atom is -0.377 e. The van der Waals surface area contributed by atoms with E-state index in [-0.39, 0.29) is 24.0 Å². The van der Waals surface area contributed by atoms with E-state index in [2.05, 4.69) is 11.8 Å². The molecule has 2 N–H and O–H groups in total. The molecule has 0 saturated carbocycles. The molecule has 1 aliphatic rings. The Morgan fingerprint density at radius 2 is 2.16 bits per heavy atom. The maximum absolute atomic E-state index is 14.0. The third-order valence-electron chi connectivity index (χ3n) is 3.60. The maximum atomic E-state index is 14.0. The summed E-state index contributed by atoms with van der Waals surface area (Å²) in [6, 6.07) is 6.70. The van der Waals surface area contributed by atoms with Gasteiger partial charge in [0, 0.05) is 31.3 Å². The van der Waals surface area contributed by atoms with Crippen LogP contribution in [-0.2, 0) is 4.74 Å². The number of rotatable bonds is 3. The summed E-state index contributed by atoms with van der Waals surface area (Å²) in [5.74, 6) is -0.178. The van der Waals surface area contributed by atoms with Crippen LogP contribution < -0.4 is 5.73 Å². The first-order valence-corrected chi connectivity index (χ1v) is 6.95. The molecular weight excluding hydrogens is 243 g/mol. The largest absolute Gasteiger partial charge is 0.377 e. The summed E-state index contributed by atoms with van der Waals surface area (Å²) in [7, 11) is 0. The monoisotopic (exact) mass is 266 g/mol. The second-order valence-electron chi connectivity index (χ2n) is 5.36. The van der Waals surface area contributed by atoms with Crippen LogP contribution in [0.1, 0.15) is 31.9 Å². The topological polar surface area (TPSA) is 38.5 Å². The van der Waals surface area contributed by atoms with Crippen LogP contribution in [0.15, 0.2) is 24.3 Å². The SMILES string of the molecule is CC1CN(C(c2ccccc2F)C(C)N)CCCO1. The van der Waals surface area contributed by atoms with Crippen LogP contribution in [0, 0.1) is 5.82 Å². The Bertz CT molecular complexity index is 411. The molecule has 0 aliphatic carbocycles. The standard InChI is InChI=1S/C15H23FN2O/c1-11-10-18(8-5-9-19-11)15(12(2)17)13-6-3-4-7-14(13)16/h3-4,6-7,11-12,15H,5,8-10,17H2,1-2H3. The quantitative estimate of drug-likeness (QED) is 0.912. The summed E-state index contributed by atoms with van der Waals surface area (Å²) >= 11 is 0. The van der Waals surface area contributed by atoms with Crippen LogP contribution in [-0.4, -0.2) is 36.7 Å². The van der Waals surface area contributed by atoms with Crippen molar-refractivity contribution in [3.05, 3.63) is 35.6 Å². The number of hydrogen-bond acceptors (Lipinski definition) is 3. The van der Waals surface area contributed by atoms with Gasteiger partial charge in [-0.2, -0.15) is 0 Å². The van der Waals surface area contributed by atoms with E-state index >= 15 is 0 Å². The first-order valence-electron chi connectivity index (χ1n) is 6.95. The van der Waals surface area contributed by atoms with E-state index in [1.807, 2.05) is 19.1 Å². The average molecular weight is 266 g/mol. The molecule has 4 heteroatoms. The van der Waals surface area contributed by atoms with Gasteiger partial charge in [0.15, 0.2) is 0 Å². The average Bonchev–Trinajstić information content (AvgIpc) is 2.56. The molecule has 0 spiro atoms. The van der Waals surface area contributed by atoms with Crippen LogP contribution >= 0.6 is 0 Å². The molecule has 3 unspecified atom stereocenters. The van der Waals surface area contributed by atoms with Gasteiger partial charge in [-0.1, -0.05) is 18.2 Å². The molecule has 106 valence electrons. The van der Waals surface area contributed by atoms with Crippen LogP contribution in [0.3, 0.4) is 0 Å². The van der Waals surface area contributed by atoms with Crippen molar-refractivity contribution >= 4 is 0 Å². The molecular formula is C15H23FN2O. The number of benzene rings is 1. The van der Waals surface area contributed by atoms with Gasteiger partial charge < -0.3 is 10.5 Å². The first-order chi connectivity index (χ1) is 9.09. The highest BCUT2D eigenvalue weighted by Gasteiger charge is 2.28. The molecule has 1 aromatic rings. The van der Waals surface area contributed by atoms with Gasteiger partial charge in [0.2, 0.25) is 0 Å². The summed E-state index contributed by atoms with van der Waals surface area (Å²) in [6.07, 6.45) is 1.12. The van der Waals surface area contributed by atoms with E-state index in [0.29, 0.717) is 5.56 Å². The van der Waals surface area contributed by atoms with Gasteiger partial charge in [0.1, 0.15) is 5.82 Å². The zero-order valence-electron chi connectivity index (χ0n) is 11.7. The molecule has 1 aliphatic heterocycles. The third-order valence-corrected chi connectivity index (χ3v) is 3.60. The van der Waals surface area contributed by atoms with Crippen molar-refractivity contribution in [2.45, 2.75) is 38.5 Å². The Morgan fingerprint density at radius 3 is 2.84 bits per heavy atom. The van der Waals surface area contributed by atoms with Crippen LogP contribution in [0.25, 0.3) is 0 Å². The number of nitrogens with two attached hydrogens (primary N) is 1. The Morgan fingerprint density at radius 1 is 1.42 bits per heavy atom. The lowest BCUT2D eigenvalue weighted by atomic mass is 9.98. The van der Waals surface area contributed by atoms with Crippen molar-refractivity contribution in [3.63, 3.8) is 0 Å². The van der Waals surface area contributed by atoms with Crippen molar-refractivity contribution in [2.75, 3.05) is 19.7 Å². The first kappa shape index (κ1) is 14.4. The number of hydrogen-bond donors (Lipinski definition) is 1. The van der Waals surface area contributed by atoms with E-state index in [9.17, 15) is 4.39 Å². The highest BCUT2D eigenvalue weighted by molar-refractivity contribution is 5.22. The predicted octanol–water partition coefficient (Wildman–Crippen LogP) is 2.32. The van der Waals surface area contributed by atoms with Crippen LogP contribution in [0.2, 0.25) is 0 Å². The summed E-state index contributed by atoms with van der Waals surface area (Å²) < 4.78 is 19.7. The van der Waals surface area contributed by atoms with Crippen molar-refractivity contribution in [3.8, 4) is 0 Å². The zero-order valence-corrected chi connectivity index (χ0v) is 11.7. The van der Waals surface area contributed by atoms with Gasteiger partial charge in [0.25, 0.3) is 0 Å². The van der Waals surface area contributed by atoms with E-state index in [1.54, 1.807) is 6.07 Å². The zero-order chi connectivity index (χ0) is 13.8. The molecule has 19 heavy (non-hydrogen) atoms. The van der Waals surface area contributed by atoms with Crippen LogP contribution in [0.5, 0.6) is 0 Å². The molecule has 1 saturated heterocycles. The van der Waals surface area contributed by atoms with Gasteiger partial charge in [-0.25, -0.2) is 4.39 Å². The Balaban J connectivity index is 2.27. The smallest absolute Gasteiger partial charge is 0.128 e. The highest BCUT2D eigenvalue weighted by Crippen LogP contribution is 2.27. The fraction of sp³-hybridized carbons (Fsp3) is 0.600. The van der Waals surface area contributed by atoms with Gasteiger partial charge in [-0.3, -0.25) is 4.90 Å². The van der Waals surface area contributed by atoms with Crippen LogP contribution in [0.4, 0.5) is 4.39 Å². The summed E-state index contributed by atoms with van der Waals surface area (Å²) in [5.41, 5.74) is 6.80. The summed E-state index contributed by atoms with van der Waals surface area (Å²) in [4.78, 5) is 2.25. The van der Waals surface area contributed by atoms with Gasteiger partial charge in [-0.15, -0.1) is 0 Å². The van der Waals surface area contributed by atoms with E-state index in [4.69, 9.17) is 10.5 Å². The Hall–Kier alpha value is -0.970. The number of nitrogens with zero attached hydrogens (tertiary/aromatic N) is 1. The Labute approximate surface area is 114 Å². The van der Waals surface area contributed by atoms with Gasteiger partial charge >= 0.3 is 0 Å². The molecule has 3 nitrogen and oxygen atoms in total. The molecule has 2 rings (SSSR count). The number of ether oxygens (including phenoxy) is 1. The lowest BCUT2D eigenvalue weighted by molar-refractivity contribution is 0.0579. The van der Waals surface area contributed by atoms with Crippen molar-refractivity contribution in [2.24, 2.45) is 5.73 Å². The lowest BCUT2D eigenvalue weighted by Gasteiger charge is -2.34. The summed E-state index contributed by atoms with van der Waals surface area (Å²) in [5, 5.41) is 0. The molecule has 0 bridgehead atoms. The molecule has 0 amide bonds. The predicted molar refractivity (Wildman–Crippen MR) is 74.4 cm³/mol. The molecule has 0 aromatic heterocycles. The fourth-order valence-electron chi connectivity index (χ4n) is 2.81. The number of halogens is 1. The molecule has 0 radical (unpaired) electrons. The van der Waals surface area contributed by atoms with E-state index in [1.165, 1.54) is 6.07 Å². The Kier molecular flexibility index (Phi) is 4.91. The summed E-state index contributed by atoms with van der Waals surface area (Å²) in [6.45, 7) is 6.44. The second-order valence-corrected chi connectivity index (χ2v) is 5.36. The normalized spacial score (nSPS) is 24.7. The fourth-order valence-corrected chi connectivity index (χ4v) is 2.81. The second kappa shape index (κ2) is 6.46. The molecule has 3 atom stereocenters. The van der Waals surface area contributed by atoms with Crippen molar-refractivity contribution in [1.82, 2.24) is 4.90 Å².